The SMILES string of the molecule is CSc1nc(C(=O)OC(C)Cn2cccn2)c2ccccn12. The molecule has 3 aromatic rings. The van der Waals surface area contributed by atoms with Gasteiger partial charge in [0.2, 0.25) is 0 Å². The van der Waals surface area contributed by atoms with Gasteiger partial charge in [0.05, 0.1) is 12.1 Å². The molecule has 3 aromatic heterocycles. The standard InChI is InChI=1S/C15H16N4O2S/c1-11(10-18-8-5-7-16-18)21-14(20)13-12-6-3-4-9-19(12)15(17-13)22-2/h3-9,11H,10H2,1-2H3. The van der Waals surface area contributed by atoms with Crippen LogP contribution in [0.5, 0.6) is 0 Å². The maximum absolute atomic E-state index is 12.4. The minimum atomic E-state index is -0.413. The summed E-state index contributed by atoms with van der Waals surface area (Å²) in [7, 11) is 0. The molecule has 0 aromatic carbocycles. The van der Waals surface area contributed by atoms with Gasteiger partial charge in [0.1, 0.15) is 6.10 Å². The third-order valence-corrected chi connectivity index (χ3v) is 3.86. The van der Waals surface area contributed by atoms with Crippen molar-refractivity contribution in [3.63, 3.8) is 0 Å². The van der Waals surface area contributed by atoms with Crippen molar-refractivity contribution in [2.75, 3.05) is 6.26 Å². The average Bonchev–Trinajstić information content (AvgIpc) is 3.14. The summed E-state index contributed by atoms with van der Waals surface area (Å²) < 4.78 is 9.11. The number of hydrogen-bond donors (Lipinski definition) is 0. The van der Waals surface area contributed by atoms with Crippen LogP contribution in [-0.2, 0) is 11.3 Å². The van der Waals surface area contributed by atoms with Crippen molar-refractivity contribution in [1.82, 2.24) is 19.2 Å². The highest BCUT2D eigenvalue weighted by Crippen LogP contribution is 2.20. The molecule has 3 rings (SSSR count). The van der Waals surface area contributed by atoms with E-state index in [1.54, 1.807) is 10.9 Å². The van der Waals surface area contributed by atoms with E-state index in [-0.39, 0.29) is 6.10 Å². The Hall–Kier alpha value is -2.28. The Labute approximate surface area is 132 Å². The third-order valence-electron chi connectivity index (χ3n) is 3.20. The van der Waals surface area contributed by atoms with E-state index in [4.69, 9.17) is 4.74 Å². The summed E-state index contributed by atoms with van der Waals surface area (Å²) in [5.74, 6) is -0.413. The lowest BCUT2D eigenvalue weighted by Crippen LogP contribution is -2.21. The van der Waals surface area contributed by atoms with Crippen LogP contribution in [0.2, 0.25) is 0 Å². The maximum atomic E-state index is 12.4. The van der Waals surface area contributed by atoms with Crippen LogP contribution in [0.3, 0.4) is 0 Å². The van der Waals surface area contributed by atoms with Crippen LogP contribution in [-0.4, -0.2) is 37.5 Å². The first kappa shape index (κ1) is 14.6. The zero-order chi connectivity index (χ0) is 15.5. The van der Waals surface area contributed by atoms with Crippen LogP contribution in [0.25, 0.3) is 5.52 Å². The lowest BCUT2D eigenvalue weighted by atomic mass is 10.3. The molecule has 7 heteroatoms. The molecule has 0 aliphatic rings. The second-order valence-electron chi connectivity index (χ2n) is 4.85. The fourth-order valence-corrected chi connectivity index (χ4v) is 2.79. The van der Waals surface area contributed by atoms with Crippen LogP contribution < -0.4 is 0 Å². The number of imidazole rings is 1. The molecule has 0 spiro atoms. The molecule has 0 saturated heterocycles. The largest absolute Gasteiger partial charge is 0.456 e. The first-order chi connectivity index (χ1) is 10.7. The van der Waals surface area contributed by atoms with Crippen molar-refractivity contribution < 1.29 is 9.53 Å². The van der Waals surface area contributed by atoms with Crippen molar-refractivity contribution in [2.24, 2.45) is 0 Å². The molecule has 1 unspecified atom stereocenters. The number of fused-ring (bicyclic) bond motifs is 1. The maximum Gasteiger partial charge on any atom is 0.359 e. The molecule has 114 valence electrons. The van der Waals surface area contributed by atoms with E-state index < -0.39 is 5.97 Å². The van der Waals surface area contributed by atoms with Crippen LogP contribution in [0.15, 0.2) is 48.0 Å². The van der Waals surface area contributed by atoms with E-state index >= 15 is 0 Å². The minimum absolute atomic E-state index is 0.286. The average molecular weight is 316 g/mol. The first-order valence-electron chi connectivity index (χ1n) is 6.88. The van der Waals surface area contributed by atoms with Gasteiger partial charge in [0.15, 0.2) is 10.9 Å². The number of carbonyl (C=O) groups excluding carboxylic acids is 1. The monoisotopic (exact) mass is 316 g/mol. The van der Waals surface area contributed by atoms with Gasteiger partial charge >= 0.3 is 5.97 Å². The van der Waals surface area contributed by atoms with Crippen molar-refractivity contribution in [3.05, 3.63) is 48.5 Å². The van der Waals surface area contributed by atoms with Crippen molar-refractivity contribution in [3.8, 4) is 0 Å². The van der Waals surface area contributed by atoms with E-state index in [1.807, 2.05) is 54.2 Å². The van der Waals surface area contributed by atoms with Crippen LogP contribution in [0, 0.1) is 0 Å². The summed E-state index contributed by atoms with van der Waals surface area (Å²) in [6.45, 7) is 2.35. The van der Waals surface area contributed by atoms with Crippen LogP contribution in [0.1, 0.15) is 17.4 Å². The molecule has 0 aliphatic heterocycles. The third kappa shape index (κ3) is 2.85. The Kier molecular flexibility index (Phi) is 4.15. The van der Waals surface area contributed by atoms with Gasteiger partial charge in [-0.3, -0.25) is 9.08 Å². The summed E-state index contributed by atoms with van der Waals surface area (Å²) >= 11 is 1.49. The lowest BCUT2D eigenvalue weighted by molar-refractivity contribution is 0.0294. The normalized spacial score (nSPS) is 12.5. The zero-order valence-corrected chi connectivity index (χ0v) is 13.2. The van der Waals surface area contributed by atoms with Crippen molar-refractivity contribution in [1.29, 1.82) is 0 Å². The Morgan fingerprint density at radius 2 is 2.23 bits per heavy atom. The van der Waals surface area contributed by atoms with Gasteiger partial charge in [-0.1, -0.05) is 17.8 Å². The van der Waals surface area contributed by atoms with Crippen molar-refractivity contribution >= 4 is 23.2 Å². The molecule has 0 saturated carbocycles. The summed E-state index contributed by atoms with van der Waals surface area (Å²) in [5.41, 5.74) is 1.10. The van der Waals surface area contributed by atoms with E-state index in [0.717, 1.165) is 10.7 Å². The number of aromatic nitrogens is 4. The number of thioether (sulfide) groups is 1. The second-order valence-corrected chi connectivity index (χ2v) is 5.62. The highest BCUT2D eigenvalue weighted by Gasteiger charge is 2.20. The second kappa shape index (κ2) is 6.23. The van der Waals surface area contributed by atoms with Gasteiger partial charge in [0, 0.05) is 18.6 Å². The molecule has 0 N–H and O–H groups in total. The Balaban J connectivity index is 1.80. The number of hydrogen-bond acceptors (Lipinski definition) is 5. The first-order valence-corrected chi connectivity index (χ1v) is 8.11. The van der Waals surface area contributed by atoms with Gasteiger partial charge in [-0.2, -0.15) is 5.10 Å². The molecule has 0 amide bonds. The molecule has 0 bridgehead atoms. The van der Waals surface area contributed by atoms with E-state index in [1.165, 1.54) is 11.8 Å². The molecule has 6 nitrogen and oxygen atoms in total. The molecule has 0 radical (unpaired) electrons. The van der Waals surface area contributed by atoms with Gasteiger partial charge in [-0.25, -0.2) is 9.78 Å². The van der Waals surface area contributed by atoms with Crippen LogP contribution >= 0.6 is 11.8 Å². The molecule has 22 heavy (non-hydrogen) atoms. The molecular weight excluding hydrogens is 300 g/mol. The van der Waals surface area contributed by atoms with Gasteiger partial charge in [-0.15, -0.1) is 0 Å². The van der Waals surface area contributed by atoms with Crippen LogP contribution in [0.4, 0.5) is 0 Å². The summed E-state index contributed by atoms with van der Waals surface area (Å²) in [4.78, 5) is 16.8. The number of nitrogens with zero attached hydrogens (tertiary/aromatic N) is 4. The fourth-order valence-electron chi connectivity index (χ4n) is 2.25. The van der Waals surface area contributed by atoms with E-state index in [0.29, 0.717) is 12.2 Å². The molecule has 0 fully saturated rings. The highest BCUT2D eigenvalue weighted by molar-refractivity contribution is 7.98. The minimum Gasteiger partial charge on any atom is -0.456 e. The molecule has 0 aliphatic carbocycles. The highest BCUT2D eigenvalue weighted by atomic mass is 32.2. The molecular formula is C15H16N4O2S. The number of esters is 1. The van der Waals surface area contributed by atoms with Gasteiger partial charge in [0.25, 0.3) is 0 Å². The quantitative estimate of drug-likeness (QED) is 0.534. The van der Waals surface area contributed by atoms with Crippen molar-refractivity contribution in [2.45, 2.75) is 24.7 Å². The molecule has 3 heterocycles. The summed E-state index contributed by atoms with van der Waals surface area (Å²) in [5, 5.41) is 4.87. The Bertz CT molecular complexity index is 782. The topological polar surface area (TPSA) is 61.4 Å². The Morgan fingerprint density at radius 3 is 2.95 bits per heavy atom. The fraction of sp³-hybridized carbons (Fsp3) is 0.267. The number of pyridine rings is 1. The summed E-state index contributed by atoms with van der Waals surface area (Å²) in [6.07, 6.45) is 7.06. The van der Waals surface area contributed by atoms with Gasteiger partial charge in [-0.05, 0) is 31.4 Å². The lowest BCUT2D eigenvalue weighted by Gasteiger charge is -2.12. The summed E-state index contributed by atoms with van der Waals surface area (Å²) in [6, 6.07) is 7.48. The Morgan fingerprint density at radius 1 is 1.36 bits per heavy atom. The molecule has 1 atom stereocenters. The van der Waals surface area contributed by atoms with Gasteiger partial charge < -0.3 is 4.74 Å². The number of carbonyl (C=O) groups is 1. The number of ether oxygens (including phenoxy) is 1. The number of rotatable bonds is 5. The van der Waals surface area contributed by atoms with E-state index in [9.17, 15) is 4.79 Å². The predicted molar refractivity (Wildman–Crippen MR) is 84.1 cm³/mol. The smallest absolute Gasteiger partial charge is 0.359 e. The zero-order valence-electron chi connectivity index (χ0n) is 12.3. The predicted octanol–water partition coefficient (Wildman–Crippen LogP) is 2.50. The van der Waals surface area contributed by atoms with E-state index in [2.05, 4.69) is 10.1 Å².